The number of benzene rings is 3. The number of nitrogens with one attached hydrogen (secondary N) is 2. The summed E-state index contributed by atoms with van der Waals surface area (Å²) in [7, 11) is 0. The minimum Gasteiger partial charge on any atom is -0.489 e. The molecule has 0 fully saturated rings. The highest BCUT2D eigenvalue weighted by atomic mass is 35.5. The van der Waals surface area contributed by atoms with Crippen molar-refractivity contribution in [3.8, 4) is 5.75 Å². The number of nitrogens with zero attached hydrogens (tertiary/aromatic N) is 1. The minimum atomic E-state index is -0.786. The summed E-state index contributed by atoms with van der Waals surface area (Å²) in [6.45, 7) is 3.96. The van der Waals surface area contributed by atoms with Crippen molar-refractivity contribution in [1.29, 1.82) is 0 Å². The molecule has 2 N–H and O–H groups in total. The molecule has 6 nitrogen and oxygen atoms in total. The Bertz CT molecular complexity index is 1210. The first-order valence-electron chi connectivity index (χ1n) is 10.8. The van der Waals surface area contributed by atoms with E-state index in [1.165, 1.54) is 6.21 Å². The van der Waals surface area contributed by atoms with Crippen molar-refractivity contribution < 1.29 is 14.3 Å². The third kappa shape index (κ3) is 7.72. The predicted octanol–water partition coefficient (Wildman–Crippen LogP) is 6.13. The molecule has 0 saturated heterocycles. The van der Waals surface area contributed by atoms with E-state index in [-0.39, 0.29) is 5.92 Å². The molecule has 3 aromatic rings. The molecule has 0 radical (unpaired) electrons. The summed E-state index contributed by atoms with van der Waals surface area (Å²) in [6.07, 6.45) is 1.50. The molecule has 35 heavy (non-hydrogen) atoms. The molecular formula is C26H24Cl3N3O3. The van der Waals surface area contributed by atoms with E-state index in [9.17, 15) is 9.59 Å². The van der Waals surface area contributed by atoms with Crippen molar-refractivity contribution >= 4 is 52.8 Å². The second-order valence-corrected chi connectivity index (χ2v) is 9.25. The number of ether oxygens (including phenoxy) is 1. The zero-order valence-electron chi connectivity index (χ0n) is 19.1. The van der Waals surface area contributed by atoms with Gasteiger partial charge in [-0.15, -0.1) is 0 Å². The summed E-state index contributed by atoms with van der Waals surface area (Å²) < 4.78 is 5.76. The van der Waals surface area contributed by atoms with Crippen LogP contribution in [0.2, 0.25) is 15.1 Å². The number of rotatable bonds is 9. The van der Waals surface area contributed by atoms with E-state index in [0.717, 1.165) is 11.1 Å². The molecule has 3 rings (SSSR count). The van der Waals surface area contributed by atoms with Crippen molar-refractivity contribution in [1.82, 2.24) is 10.7 Å². The molecule has 1 unspecified atom stereocenters. The third-order valence-electron chi connectivity index (χ3n) is 5.03. The molecule has 0 aliphatic rings. The molecule has 0 heterocycles. The van der Waals surface area contributed by atoms with Crippen molar-refractivity contribution in [2.24, 2.45) is 11.0 Å². The van der Waals surface area contributed by atoms with E-state index < -0.39 is 17.9 Å². The summed E-state index contributed by atoms with van der Waals surface area (Å²) >= 11 is 18.2. The van der Waals surface area contributed by atoms with Crippen LogP contribution in [0.15, 0.2) is 71.8 Å². The summed E-state index contributed by atoms with van der Waals surface area (Å²) in [4.78, 5) is 25.2. The van der Waals surface area contributed by atoms with Gasteiger partial charge in [0.15, 0.2) is 0 Å². The molecule has 9 heteroatoms. The minimum absolute atomic E-state index is 0.165. The third-order valence-corrected chi connectivity index (χ3v) is 5.95. The van der Waals surface area contributed by atoms with Crippen molar-refractivity contribution in [2.75, 3.05) is 0 Å². The molecule has 1 atom stereocenters. The van der Waals surface area contributed by atoms with E-state index in [4.69, 9.17) is 39.5 Å². The number of hydrogen-bond donors (Lipinski definition) is 2. The lowest BCUT2D eigenvalue weighted by Gasteiger charge is -2.20. The fourth-order valence-corrected chi connectivity index (χ4v) is 3.77. The number of halogens is 3. The lowest BCUT2D eigenvalue weighted by molar-refractivity contribution is -0.123. The number of carbonyl (C=O) groups is 2. The van der Waals surface area contributed by atoms with Gasteiger partial charge in [0.2, 0.25) is 0 Å². The van der Waals surface area contributed by atoms with Crippen LogP contribution in [0, 0.1) is 5.92 Å². The quantitative estimate of drug-likeness (QED) is 0.257. The molecule has 0 aliphatic carbocycles. The second kappa shape index (κ2) is 12.6. The lowest BCUT2D eigenvalue weighted by Crippen LogP contribution is -2.48. The SMILES string of the molecule is CC(C)C(NC(=O)c1ccccc1Cl)C(=O)N/N=C/c1ccc(OCc2ccc(Cl)cc2Cl)cc1. The summed E-state index contributed by atoms with van der Waals surface area (Å²) in [5.41, 5.74) is 4.36. The summed E-state index contributed by atoms with van der Waals surface area (Å²) in [6, 6.07) is 18.3. The molecule has 0 aliphatic heterocycles. The van der Waals surface area contributed by atoms with Crippen LogP contribution < -0.4 is 15.5 Å². The topological polar surface area (TPSA) is 79.8 Å². The first-order valence-corrected chi connectivity index (χ1v) is 11.9. The van der Waals surface area contributed by atoms with Gasteiger partial charge in [-0.1, -0.05) is 66.8 Å². The van der Waals surface area contributed by atoms with Gasteiger partial charge in [0.25, 0.3) is 11.8 Å². The molecule has 182 valence electrons. The van der Waals surface area contributed by atoms with E-state index in [1.54, 1.807) is 60.7 Å². The van der Waals surface area contributed by atoms with Crippen LogP contribution in [0.1, 0.15) is 35.3 Å². The summed E-state index contributed by atoms with van der Waals surface area (Å²) in [5, 5.41) is 8.16. The van der Waals surface area contributed by atoms with Crippen LogP contribution in [0.4, 0.5) is 0 Å². The fraction of sp³-hybridized carbons (Fsp3) is 0.192. The van der Waals surface area contributed by atoms with Crippen LogP contribution in [0.25, 0.3) is 0 Å². The number of hydrogen-bond acceptors (Lipinski definition) is 4. The first kappa shape index (κ1) is 26.5. The zero-order chi connectivity index (χ0) is 25.4. The van der Waals surface area contributed by atoms with Crippen molar-refractivity contribution in [2.45, 2.75) is 26.5 Å². The Morgan fingerprint density at radius 2 is 1.69 bits per heavy atom. The maximum Gasteiger partial charge on any atom is 0.262 e. The molecular weight excluding hydrogens is 509 g/mol. The molecule has 0 saturated carbocycles. The van der Waals surface area contributed by atoms with E-state index in [0.29, 0.717) is 33.0 Å². The standard InChI is InChI=1S/C26H24Cl3N3O3/c1-16(2)24(31-25(33)21-5-3-4-6-22(21)28)26(34)32-30-14-17-7-11-20(12-8-17)35-15-18-9-10-19(27)13-23(18)29/h3-14,16,24H,15H2,1-2H3,(H,31,33)(H,32,34)/b30-14+. The highest BCUT2D eigenvalue weighted by Gasteiger charge is 2.25. The fourth-order valence-electron chi connectivity index (χ4n) is 3.09. The van der Waals surface area contributed by atoms with E-state index >= 15 is 0 Å². The van der Waals surface area contributed by atoms with Gasteiger partial charge in [0, 0.05) is 15.6 Å². The average Bonchev–Trinajstić information content (AvgIpc) is 2.82. The molecule has 0 bridgehead atoms. The Morgan fingerprint density at radius 1 is 0.971 bits per heavy atom. The lowest BCUT2D eigenvalue weighted by atomic mass is 10.0. The number of carbonyl (C=O) groups excluding carboxylic acids is 2. The Balaban J connectivity index is 1.54. The van der Waals surface area contributed by atoms with Crippen molar-refractivity contribution in [3.05, 3.63) is 98.5 Å². The highest BCUT2D eigenvalue weighted by molar-refractivity contribution is 6.35. The molecule has 3 aromatic carbocycles. The van der Waals surface area contributed by atoms with Gasteiger partial charge in [-0.05, 0) is 60.0 Å². The van der Waals surface area contributed by atoms with Gasteiger partial charge in [-0.25, -0.2) is 5.43 Å². The van der Waals surface area contributed by atoms with E-state index in [1.807, 2.05) is 19.9 Å². The zero-order valence-corrected chi connectivity index (χ0v) is 21.4. The molecule has 2 amide bonds. The van der Waals surface area contributed by atoms with Crippen LogP contribution in [0.3, 0.4) is 0 Å². The Labute approximate surface area is 219 Å². The Hall–Kier alpha value is -3.06. The molecule has 0 aromatic heterocycles. The van der Waals surface area contributed by atoms with Gasteiger partial charge in [-0.3, -0.25) is 9.59 Å². The van der Waals surface area contributed by atoms with Gasteiger partial charge in [0.1, 0.15) is 18.4 Å². The monoisotopic (exact) mass is 531 g/mol. The predicted molar refractivity (Wildman–Crippen MR) is 141 cm³/mol. The maximum atomic E-state index is 12.6. The normalized spacial score (nSPS) is 11.9. The van der Waals surface area contributed by atoms with Gasteiger partial charge >= 0.3 is 0 Å². The smallest absolute Gasteiger partial charge is 0.262 e. The largest absolute Gasteiger partial charge is 0.489 e. The second-order valence-electron chi connectivity index (χ2n) is 8.00. The molecule has 0 spiro atoms. The van der Waals surface area contributed by atoms with Gasteiger partial charge < -0.3 is 10.1 Å². The highest BCUT2D eigenvalue weighted by Crippen LogP contribution is 2.23. The van der Waals surface area contributed by atoms with Crippen LogP contribution in [0.5, 0.6) is 5.75 Å². The van der Waals surface area contributed by atoms with Crippen LogP contribution >= 0.6 is 34.8 Å². The summed E-state index contributed by atoms with van der Waals surface area (Å²) in [5.74, 6) is -0.373. The van der Waals surface area contributed by atoms with Gasteiger partial charge in [0.05, 0.1) is 16.8 Å². The maximum absolute atomic E-state index is 12.6. The number of amides is 2. The Morgan fingerprint density at radius 3 is 2.34 bits per heavy atom. The number of hydrazone groups is 1. The average molecular weight is 533 g/mol. The Kier molecular flexibility index (Phi) is 9.55. The first-order chi connectivity index (χ1) is 16.7. The van der Waals surface area contributed by atoms with Crippen molar-refractivity contribution in [3.63, 3.8) is 0 Å². The van der Waals surface area contributed by atoms with E-state index in [2.05, 4.69) is 15.8 Å². The van der Waals surface area contributed by atoms with Crippen LogP contribution in [-0.2, 0) is 11.4 Å². The van der Waals surface area contributed by atoms with Crippen LogP contribution in [-0.4, -0.2) is 24.1 Å². The van der Waals surface area contributed by atoms with Gasteiger partial charge in [-0.2, -0.15) is 5.10 Å².